The first-order valence-corrected chi connectivity index (χ1v) is 14.6. The van der Waals surface area contributed by atoms with Crippen LogP contribution >= 0.6 is 34.8 Å². The van der Waals surface area contributed by atoms with Crippen molar-refractivity contribution in [1.29, 1.82) is 0 Å². The molecule has 0 unspecified atom stereocenters. The fourth-order valence-electron chi connectivity index (χ4n) is 4.30. The Morgan fingerprint density at radius 3 is 2.25 bits per heavy atom. The third kappa shape index (κ3) is 7.28. The topological polar surface area (TPSA) is 86.8 Å². The third-order valence-electron chi connectivity index (χ3n) is 6.33. The molecule has 1 atom stereocenters. The molecule has 2 aromatic rings. The highest BCUT2D eigenvalue weighted by Gasteiger charge is 2.32. The number of hydrogen-bond donors (Lipinski definition) is 1. The van der Waals surface area contributed by atoms with E-state index < -0.39 is 28.5 Å². The van der Waals surface area contributed by atoms with Crippen LogP contribution < -0.4 is 9.62 Å². The van der Waals surface area contributed by atoms with Gasteiger partial charge >= 0.3 is 0 Å². The van der Waals surface area contributed by atoms with Crippen molar-refractivity contribution >= 4 is 62.3 Å². The molecule has 7 nitrogen and oxygen atoms in total. The number of aryl methyl sites for hydroxylation is 1. The molecule has 0 aromatic heterocycles. The third-order valence-corrected chi connectivity index (χ3v) is 8.28. The van der Waals surface area contributed by atoms with Gasteiger partial charge in [-0.25, -0.2) is 8.42 Å². The van der Waals surface area contributed by atoms with Gasteiger partial charge in [0.1, 0.15) is 12.6 Å². The Balaban J connectivity index is 1.93. The van der Waals surface area contributed by atoms with Crippen LogP contribution in [-0.2, 0) is 26.2 Å². The van der Waals surface area contributed by atoms with Crippen molar-refractivity contribution in [2.24, 2.45) is 0 Å². The van der Waals surface area contributed by atoms with Crippen molar-refractivity contribution in [3.8, 4) is 0 Å². The van der Waals surface area contributed by atoms with E-state index in [2.05, 4.69) is 5.32 Å². The lowest BCUT2D eigenvalue weighted by Crippen LogP contribution is -2.52. The molecular weight excluding hydrogens is 545 g/mol. The number of amides is 2. The Bertz CT molecular complexity index is 1230. The lowest BCUT2D eigenvalue weighted by atomic mass is 10.1. The fourth-order valence-corrected chi connectivity index (χ4v) is 5.90. The number of anilines is 1. The zero-order valence-electron chi connectivity index (χ0n) is 20.4. The van der Waals surface area contributed by atoms with Crippen molar-refractivity contribution in [2.45, 2.75) is 58.2 Å². The van der Waals surface area contributed by atoms with Crippen LogP contribution in [0.25, 0.3) is 0 Å². The van der Waals surface area contributed by atoms with Crippen LogP contribution in [0.5, 0.6) is 0 Å². The summed E-state index contributed by atoms with van der Waals surface area (Å²) in [6.45, 7) is 2.86. The van der Waals surface area contributed by atoms with Gasteiger partial charge in [-0.2, -0.15) is 0 Å². The Hall–Kier alpha value is -2.00. The molecular formula is C25H30Cl3N3O4S. The number of rotatable bonds is 9. The Morgan fingerprint density at radius 1 is 1.06 bits per heavy atom. The number of sulfonamides is 1. The van der Waals surface area contributed by atoms with Gasteiger partial charge in [0.05, 0.1) is 11.9 Å². The molecule has 3 rings (SSSR count). The first kappa shape index (κ1) is 28.6. The highest BCUT2D eigenvalue weighted by Crippen LogP contribution is 2.27. The minimum atomic E-state index is -3.83. The van der Waals surface area contributed by atoms with Crippen LogP contribution in [0.3, 0.4) is 0 Å². The number of nitrogens with one attached hydrogen (secondary N) is 1. The summed E-state index contributed by atoms with van der Waals surface area (Å²) in [5.41, 5.74) is 1.52. The summed E-state index contributed by atoms with van der Waals surface area (Å²) in [6, 6.07) is 8.85. The second-order valence-electron chi connectivity index (χ2n) is 9.12. The molecule has 1 aliphatic carbocycles. The zero-order valence-corrected chi connectivity index (χ0v) is 23.5. The maximum Gasteiger partial charge on any atom is 0.244 e. The van der Waals surface area contributed by atoms with Crippen LogP contribution in [0.15, 0.2) is 36.4 Å². The monoisotopic (exact) mass is 573 g/mol. The molecule has 11 heteroatoms. The quantitative estimate of drug-likeness (QED) is 0.446. The van der Waals surface area contributed by atoms with E-state index in [1.54, 1.807) is 50.2 Å². The number of halogens is 3. The molecule has 0 spiro atoms. The van der Waals surface area contributed by atoms with E-state index in [0.717, 1.165) is 36.2 Å². The van der Waals surface area contributed by atoms with E-state index in [1.165, 1.54) is 4.90 Å². The maximum atomic E-state index is 13.7. The second-order valence-corrected chi connectivity index (χ2v) is 12.3. The van der Waals surface area contributed by atoms with Gasteiger partial charge in [0.25, 0.3) is 0 Å². The van der Waals surface area contributed by atoms with Crippen LogP contribution in [0.2, 0.25) is 15.1 Å². The SMILES string of the molecule is Cc1cc(Cl)ccc1N(CC(=O)N(Cc1ccc(Cl)cc1Cl)[C@@H](C)C(=O)NC1CCCC1)S(C)(=O)=O. The van der Waals surface area contributed by atoms with Crippen molar-refractivity contribution < 1.29 is 18.0 Å². The molecule has 2 amide bonds. The van der Waals surface area contributed by atoms with Gasteiger partial charge in [-0.1, -0.05) is 53.7 Å². The second kappa shape index (κ2) is 12.0. The lowest BCUT2D eigenvalue weighted by molar-refractivity contribution is -0.139. The van der Waals surface area contributed by atoms with Crippen molar-refractivity contribution in [3.63, 3.8) is 0 Å². The molecule has 0 saturated heterocycles. The number of benzene rings is 2. The van der Waals surface area contributed by atoms with Crippen molar-refractivity contribution in [3.05, 3.63) is 62.6 Å². The van der Waals surface area contributed by atoms with E-state index in [9.17, 15) is 18.0 Å². The summed E-state index contributed by atoms with van der Waals surface area (Å²) in [4.78, 5) is 28.1. The largest absolute Gasteiger partial charge is 0.352 e. The molecule has 196 valence electrons. The van der Waals surface area contributed by atoms with Gasteiger partial charge in [-0.05, 0) is 68.1 Å². The first-order chi connectivity index (χ1) is 16.9. The van der Waals surface area contributed by atoms with Crippen LogP contribution in [0.4, 0.5) is 5.69 Å². The van der Waals surface area contributed by atoms with Crippen molar-refractivity contribution in [2.75, 3.05) is 17.1 Å². The van der Waals surface area contributed by atoms with Crippen LogP contribution in [0.1, 0.15) is 43.7 Å². The minimum absolute atomic E-state index is 0.00525. The Kier molecular flexibility index (Phi) is 9.55. The molecule has 1 N–H and O–H groups in total. The Labute approximate surface area is 227 Å². The van der Waals surface area contributed by atoms with E-state index in [1.807, 2.05) is 0 Å². The molecule has 0 heterocycles. The first-order valence-electron chi connectivity index (χ1n) is 11.6. The molecule has 1 fully saturated rings. The normalized spacial score (nSPS) is 14.9. The van der Waals surface area contributed by atoms with E-state index in [4.69, 9.17) is 34.8 Å². The smallest absolute Gasteiger partial charge is 0.244 e. The van der Waals surface area contributed by atoms with E-state index in [0.29, 0.717) is 31.9 Å². The minimum Gasteiger partial charge on any atom is -0.352 e. The molecule has 1 saturated carbocycles. The predicted octanol–water partition coefficient (Wildman–Crippen LogP) is 5.20. The summed E-state index contributed by atoms with van der Waals surface area (Å²) < 4.78 is 26.5. The maximum absolute atomic E-state index is 13.7. The van der Waals surface area contributed by atoms with Gasteiger partial charge in [-0.3, -0.25) is 13.9 Å². The fraction of sp³-hybridized carbons (Fsp3) is 0.440. The van der Waals surface area contributed by atoms with Crippen LogP contribution in [-0.4, -0.2) is 50.0 Å². The molecule has 0 radical (unpaired) electrons. The highest BCUT2D eigenvalue weighted by atomic mass is 35.5. The zero-order chi connectivity index (χ0) is 26.6. The summed E-state index contributed by atoms with van der Waals surface area (Å²) in [5.74, 6) is -0.844. The van der Waals surface area contributed by atoms with Gasteiger partial charge in [-0.15, -0.1) is 0 Å². The summed E-state index contributed by atoms with van der Waals surface area (Å²) in [5, 5.41) is 4.26. The van der Waals surface area contributed by atoms with Crippen LogP contribution in [0, 0.1) is 6.92 Å². The number of carbonyl (C=O) groups is 2. The average molecular weight is 575 g/mol. The summed E-state index contributed by atoms with van der Waals surface area (Å²) in [6.07, 6.45) is 4.92. The molecule has 36 heavy (non-hydrogen) atoms. The molecule has 1 aliphatic rings. The number of hydrogen-bond acceptors (Lipinski definition) is 4. The van der Waals surface area contributed by atoms with E-state index in [-0.39, 0.29) is 18.5 Å². The van der Waals surface area contributed by atoms with Gasteiger partial charge < -0.3 is 10.2 Å². The molecule has 0 aliphatic heterocycles. The summed E-state index contributed by atoms with van der Waals surface area (Å²) >= 11 is 18.4. The van der Waals surface area contributed by atoms with Gasteiger partial charge in [0.2, 0.25) is 21.8 Å². The van der Waals surface area contributed by atoms with Gasteiger partial charge in [0, 0.05) is 27.7 Å². The highest BCUT2D eigenvalue weighted by molar-refractivity contribution is 7.92. The van der Waals surface area contributed by atoms with E-state index >= 15 is 0 Å². The summed E-state index contributed by atoms with van der Waals surface area (Å²) in [7, 11) is -3.83. The molecule has 0 bridgehead atoms. The lowest BCUT2D eigenvalue weighted by Gasteiger charge is -2.32. The van der Waals surface area contributed by atoms with Crippen molar-refractivity contribution in [1.82, 2.24) is 10.2 Å². The number of nitrogens with zero attached hydrogens (tertiary/aromatic N) is 2. The van der Waals surface area contributed by atoms with Gasteiger partial charge in [0.15, 0.2) is 0 Å². The average Bonchev–Trinajstić information content (AvgIpc) is 3.29. The Morgan fingerprint density at radius 2 is 1.67 bits per heavy atom. The molecule has 2 aromatic carbocycles. The standard InChI is InChI=1S/C25H30Cl3N3O4S/c1-16-12-19(26)10-11-23(16)31(36(3,34)35)15-24(32)30(14-18-8-9-20(27)13-22(18)28)17(2)25(33)29-21-6-4-5-7-21/h8-13,17,21H,4-7,14-15H2,1-3H3,(H,29,33)/t17-/m0/s1. The predicted molar refractivity (Wildman–Crippen MR) is 145 cm³/mol. The number of carbonyl (C=O) groups excluding carboxylic acids is 2.